The van der Waals surface area contributed by atoms with Crippen LogP contribution in [0.25, 0.3) is 31.7 Å². The minimum absolute atomic E-state index is 0.0496. The van der Waals surface area contributed by atoms with Gasteiger partial charge in [-0.3, -0.25) is 0 Å². The van der Waals surface area contributed by atoms with Gasteiger partial charge in [-0.1, -0.05) is 84.0 Å². The molecule has 2 aromatic heterocycles. The Morgan fingerprint density at radius 2 is 1.50 bits per heavy atom. The van der Waals surface area contributed by atoms with Crippen molar-refractivity contribution in [3.8, 4) is 11.4 Å². The van der Waals surface area contributed by atoms with Crippen LogP contribution in [0.15, 0.2) is 48.5 Å². The Hall–Kier alpha value is -2.26. The monoisotopic (exact) mass is 388 g/mol. The maximum Gasteiger partial charge on any atom is 0.161 e. The molecule has 28 heavy (non-hydrogen) atoms. The van der Waals surface area contributed by atoms with Crippen LogP contribution in [0.5, 0.6) is 0 Å². The topological polar surface area (TPSA) is 25.8 Å². The highest BCUT2D eigenvalue weighted by atomic mass is 32.1. The quantitative estimate of drug-likeness (QED) is 0.357. The van der Waals surface area contributed by atoms with Crippen LogP contribution in [0.3, 0.4) is 0 Å². The van der Waals surface area contributed by atoms with E-state index in [2.05, 4.69) is 90.1 Å². The molecular weight excluding hydrogens is 360 g/mol. The van der Waals surface area contributed by atoms with Gasteiger partial charge in [0.1, 0.15) is 4.83 Å². The van der Waals surface area contributed by atoms with Crippen LogP contribution in [-0.2, 0) is 11.8 Å². The summed E-state index contributed by atoms with van der Waals surface area (Å²) in [5, 5.41) is 2.47. The summed E-state index contributed by atoms with van der Waals surface area (Å²) in [4.78, 5) is 11.1. The average molecular weight is 389 g/mol. The molecule has 0 spiro atoms. The SMILES string of the molecule is CC(C)(C)Cc1ccc(-c2nc(C(C)(C)C)c3c(n2)sc2ccccc23)cc1. The van der Waals surface area contributed by atoms with Crippen molar-refractivity contribution < 1.29 is 0 Å². The maximum atomic E-state index is 5.06. The van der Waals surface area contributed by atoms with Crippen LogP contribution in [0.1, 0.15) is 52.8 Å². The zero-order chi connectivity index (χ0) is 20.1. The molecule has 0 atom stereocenters. The van der Waals surface area contributed by atoms with E-state index in [1.165, 1.54) is 21.0 Å². The van der Waals surface area contributed by atoms with Crippen molar-refractivity contribution in [2.45, 2.75) is 53.4 Å². The average Bonchev–Trinajstić information content (AvgIpc) is 2.97. The molecule has 2 aromatic carbocycles. The molecule has 0 saturated carbocycles. The van der Waals surface area contributed by atoms with Gasteiger partial charge < -0.3 is 0 Å². The van der Waals surface area contributed by atoms with Crippen molar-refractivity contribution in [1.82, 2.24) is 9.97 Å². The maximum absolute atomic E-state index is 5.06. The number of hydrogen-bond acceptors (Lipinski definition) is 3. The Labute approximate surface area is 171 Å². The fourth-order valence-corrected chi connectivity index (χ4v) is 4.75. The lowest BCUT2D eigenvalue weighted by molar-refractivity contribution is 0.411. The summed E-state index contributed by atoms with van der Waals surface area (Å²) in [6.07, 6.45) is 1.07. The van der Waals surface area contributed by atoms with Gasteiger partial charge in [0.05, 0.1) is 5.69 Å². The first kappa shape index (κ1) is 19.1. The van der Waals surface area contributed by atoms with E-state index in [0.29, 0.717) is 0 Å². The second-order valence-corrected chi connectivity index (χ2v) is 10.9. The molecule has 0 aliphatic heterocycles. The standard InChI is InChI=1S/C25H28N2S/c1-24(2,3)15-16-11-13-17(14-12-16)22-26-21(25(4,5)6)20-18-9-7-8-10-19(18)28-23(20)27-22/h7-14H,15H2,1-6H3. The van der Waals surface area contributed by atoms with Gasteiger partial charge >= 0.3 is 0 Å². The summed E-state index contributed by atoms with van der Waals surface area (Å²) in [6, 6.07) is 17.3. The minimum atomic E-state index is -0.0496. The van der Waals surface area contributed by atoms with E-state index in [1.807, 2.05) is 0 Å². The predicted octanol–water partition coefficient (Wildman–Crippen LogP) is 7.40. The van der Waals surface area contributed by atoms with E-state index in [4.69, 9.17) is 9.97 Å². The van der Waals surface area contributed by atoms with Crippen molar-refractivity contribution in [1.29, 1.82) is 0 Å². The molecule has 0 saturated heterocycles. The Balaban J connectivity index is 1.87. The number of aromatic nitrogens is 2. The van der Waals surface area contributed by atoms with E-state index in [0.717, 1.165) is 28.3 Å². The number of benzene rings is 2. The third kappa shape index (κ3) is 3.68. The second-order valence-electron chi connectivity index (χ2n) is 9.86. The zero-order valence-electron chi connectivity index (χ0n) is 17.6. The molecule has 4 rings (SSSR count). The smallest absolute Gasteiger partial charge is 0.161 e. The Bertz CT molecular complexity index is 1140. The highest BCUT2D eigenvalue weighted by Crippen LogP contribution is 2.39. The lowest BCUT2D eigenvalue weighted by Crippen LogP contribution is -2.15. The minimum Gasteiger partial charge on any atom is -0.232 e. The summed E-state index contributed by atoms with van der Waals surface area (Å²) in [6.45, 7) is 13.5. The number of fused-ring (bicyclic) bond motifs is 3. The molecule has 0 bridgehead atoms. The van der Waals surface area contributed by atoms with E-state index in [1.54, 1.807) is 11.3 Å². The molecule has 2 heterocycles. The van der Waals surface area contributed by atoms with Gasteiger partial charge in [-0.05, 0) is 23.5 Å². The van der Waals surface area contributed by atoms with Crippen LogP contribution in [-0.4, -0.2) is 9.97 Å². The molecule has 0 amide bonds. The van der Waals surface area contributed by atoms with Crippen LogP contribution >= 0.6 is 11.3 Å². The summed E-state index contributed by atoms with van der Waals surface area (Å²) in [5.41, 5.74) is 3.81. The highest BCUT2D eigenvalue weighted by molar-refractivity contribution is 7.25. The van der Waals surface area contributed by atoms with Crippen LogP contribution in [0, 0.1) is 5.41 Å². The summed E-state index contributed by atoms with van der Waals surface area (Å²) >= 11 is 1.76. The third-order valence-electron chi connectivity index (χ3n) is 4.90. The normalized spacial score (nSPS) is 12.8. The molecule has 0 aliphatic rings. The van der Waals surface area contributed by atoms with Gasteiger partial charge in [0.25, 0.3) is 0 Å². The van der Waals surface area contributed by atoms with Gasteiger partial charge in [0.2, 0.25) is 0 Å². The van der Waals surface area contributed by atoms with E-state index >= 15 is 0 Å². The van der Waals surface area contributed by atoms with Crippen LogP contribution < -0.4 is 0 Å². The zero-order valence-corrected chi connectivity index (χ0v) is 18.4. The molecule has 2 nitrogen and oxygen atoms in total. The van der Waals surface area contributed by atoms with Crippen molar-refractivity contribution in [3.63, 3.8) is 0 Å². The molecular formula is C25H28N2S. The fourth-order valence-electron chi connectivity index (χ4n) is 3.68. The van der Waals surface area contributed by atoms with E-state index in [9.17, 15) is 0 Å². The van der Waals surface area contributed by atoms with Gasteiger partial charge in [0, 0.05) is 26.5 Å². The Morgan fingerprint density at radius 1 is 0.821 bits per heavy atom. The molecule has 0 unspecified atom stereocenters. The molecule has 4 aromatic rings. The second kappa shape index (κ2) is 6.66. The van der Waals surface area contributed by atoms with Crippen molar-refractivity contribution in [3.05, 3.63) is 59.8 Å². The molecule has 144 valence electrons. The highest BCUT2D eigenvalue weighted by Gasteiger charge is 2.24. The number of hydrogen-bond donors (Lipinski definition) is 0. The van der Waals surface area contributed by atoms with Crippen LogP contribution in [0.4, 0.5) is 0 Å². The lowest BCUT2D eigenvalue weighted by atomic mass is 9.88. The first-order valence-corrected chi connectivity index (χ1v) is 10.7. The van der Waals surface area contributed by atoms with Crippen molar-refractivity contribution in [2.24, 2.45) is 5.41 Å². The first-order chi connectivity index (χ1) is 13.1. The number of nitrogens with zero attached hydrogens (tertiary/aromatic N) is 2. The Morgan fingerprint density at radius 3 is 2.14 bits per heavy atom. The number of thiophene rings is 1. The summed E-state index contributed by atoms with van der Waals surface area (Å²) in [5.74, 6) is 0.825. The largest absolute Gasteiger partial charge is 0.232 e. The fraction of sp³-hybridized carbons (Fsp3) is 0.360. The molecule has 0 radical (unpaired) electrons. The predicted molar refractivity (Wildman–Crippen MR) is 122 cm³/mol. The molecule has 0 fully saturated rings. The van der Waals surface area contributed by atoms with Gasteiger partial charge in [-0.25, -0.2) is 9.97 Å². The number of rotatable bonds is 2. The van der Waals surface area contributed by atoms with Crippen molar-refractivity contribution >= 4 is 31.6 Å². The van der Waals surface area contributed by atoms with Crippen molar-refractivity contribution in [2.75, 3.05) is 0 Å². The molecule has 0 aliphatic carbocycles. The van der Waals surface area contributed by atoms with E-state index in [-0.39, 0.29) is 10.8 Å². The first-order valence-electron chi connectivity index (χ1n) is 9.91. The lowest BCUT2D eigenvalue weighted by Gasteiger charge is -2.20. The van der Waals surface area contributed by atoms with Gasteiger partial charge in [-0.2, -0.15) is 0 Å². The molecule has 3 heteroatoms. The van der Waals surface area contributed by atoms with Gasteiger partial charge in [0.15, 0.2) is 5.82 Å². The third-order valence-corrected chi connectivity index (χ3v) is 5.96. The molecule has 0 N–H and O–H groups in total. The van der Waals surface area contributed by atoms with Crippen LogP contribution in [0.2, 0.25) is 0 Å². The van der Waals surface area contributed by atoms with E-state index < -0.39 is 0 Å². The Kier molecular flexibility index (Phi) is 4.54. The summed E-state index contributed by atoms with van der Waals surface area (Å²) < 4.78 is 1.27. The van der Waals surface area contributed by atoms with Gasteiger partial charge in [-0.15, -0.1) is 11.3 Å². The summed E-state index contributed by atoms with van der Waals surface area (Å²) in [7, 11) is 0.